The van der Waals surface area contributed by atoms with E-state index < -0.39 is 14.8 Å². The van der Waals surface area contributed by atoms with E-state index in [1.54, 1.807) is 6.07 Å². The lowest BCUT2D eigenvalue weighted by Gasteiger charge is -2.05. The Morgan fingerprint density at radius 3 is 2.67 bits per heavy atom. The summed E-state index contributed by atoms with van der Waals surface area (Å²) in [7, 11) is -3.08. The van der Waals surface area contributed by atoms with Crippen molar-refractivity contribution in [2.45, 2.75) is 0 Å². The normalized spacial score (nSPS) is 10.7. The molecule has 0 unspecified atom stereocenters. The highest BCUT2D eigenvalue weighted by Crippen LogP contribution is 2.22. The Balaban J connectivity index is 2.83. The zero-order valence-electron chi connectivity index (χ0n) is 9.58. The van der Waals surface area contributed by atoms with Crippen LogP contribution in [0.4, 0.5) is 11.4 Å². The van der Waals surface area contributed by atoms with E-state index in [-0.39, 0.29) is 23.5 Å². The molecule has 1 rings (SSSR count). The summed E-state index contributed by atoms with van der Waals surface area (Å²) in [6, 6.07) is 5.74. The third kappa shape index (κ3) is 4.03. The van der Waals surface area contributed by atoms with E-state index in [1.807, 2.05) is 0 Å². The summed E-state index contributed by atoms with van der Waals surface area (Å²) in [5, 5.41) is 22.1. The lowest BCUT2D eigenvalue weighted by atomic mass is 10.2. The van der Waals surface area contributed by atoms with Crippen LogP contribution in [0.1, 0.15) is 5.56 Å². The molecule has 0 radical (unpaired) electrons. The van der Waals surface area contributed by atoms with Crippen LogP contribution >= 0.6 is 0 Å². The Labute approximate surface area is 104 Å². The molecule has 0 heterocycles. The van der Waals surface area contributed by atoms with Crippen molar-refractivity contribution in [2.75, 3.05) is 23.9 Å². The maximum atomic E-state index is 10.9. The molecule has 1 aromatic rings. The third-order valence-electron chi connectivity index (χ3n) is 2.12. The molecule has 0 fully saturated rings. The van der Waals surface area contributed by atoms with Gasteiger partial charge in [-0.15, -0.1) is 0 Å². The van der Waals surface area contributed by atoms with Gasteiger partial charge in [0.15, 0.2) is 0 Å². The predicted octanol–water partition coefficient (Wildman–Crippen LogP) is 0.923. The smallest absolute Gasteiger partial charge is 0.289 e. The van der Waals surface area contributed by atoms with Crippen LogP contribution in [0.2, 0.25) is 0 Å². The monoisotopic (exact) mass is 269 g/mol. The van der Waals surface area contributed by atoms with Crippen molar-refractivity contribution in [2.24, 2.45) is 0 Å². The van der Waals surface area contributed by atoms with Crippen molar-refractivity contribution >= 4 is 21.2 Å². The number of benzene rings is 1. The van der Waals surface area contributed by atoms with E-state index in [4.69, 9.17) is 5.26 Å². The van der Waals surface area contributed by atoms with Crippen LogP contribution in [0.25, 0.3) is 0 Å². The highest BCUT2D eigenvalue weighted by Gasteiger charge is 2.14. The van der Waals surface area contributed by atoms with Crippen molar-refractivity contribution in [3.63, 3.8) is 0 Å². The van der Waals surface area contributed by atoms with Gasteiger partial charge in [0, 0.05) is 24.6 Å². The Hall–Kier alpha value is -2.14. The molecule has 0 amide bonds. The number of nitro groups is 1. The second-order valence-electron chi connectivity index (χ2n) is 3.66. The van der Waals surface area contributed by atoms with Gasteiger partial charge in [-0.05, 0) is 12.1 Å². The molecule has 0 aromatic heterocycles. The quantitative estimate of drug-likeness (QED) is 0.628. The molecule has 0 saturated carbocycles. The first kappa shape index (κ1) is 13.9. The molecule has 96 valence electrons. The molecular formula is C10H11N3O4S. The van der Waals surface area contributed by atoms with Gasteiger partial charge in [-0.2, -0.15) is 5.26 Å². The van der Waals surface area contributed by atoms with E-state index in [0.717, 1.165) is 6.26 Å². The SMILES string of the molecule is CS(=O)(=O)CCNc1ccc(C#N)c([N+](=O)[O-])c1. The van der Waals surface area contributed by atoms with Crippen molar-refractivity contribution in [3.8, 4) is 6.07 Å². The van der Waals surface area contributed by atoms with Crippen LogP contribution in [-0.2, 0) is 9.84 Å². The minimum absolute atomic E-state index is 0.0336. The maximum absolute atomic E-state index is 10.9. The van der Waals surface area contributed by atoms with Crippen molar-refractivity contribution in [3.05, 3.63) is 33.9 Å². The molecule has 1 aromatic carbocycles. The van der Waals surface area contributed by atoms with Gasteiger partial charge >= 0.3 is 0 Å². The summed E-state index contributed by atoms with van der Waals surface area (Å²) in [6.45, 7) is 0.155. The number of hydrogen-bond acceptors (Lipinski definition) is 6. The molecule has 0 aliphatic heterocycles. The standard InChI is InChI=1S/C10H11N3O4S/c1-18(16,17)5-4-12-9-3-2-8(7-11)10(6-9)13(14)15/h2-3,6,12H,4-5H2,1H3. The van der Waals surface area contributed by atoms with Crippen molar-refractivity contribution < 1.29 is 13.3 Å². The summed E-state index contributed by atoms with van der Waals surface area (Å²) in [5.74, 6) is -0.0687. The molecule has 0 bridgehead atoms. The number of nitriles is 1. The topological polar surface area (TPSA) is 113 Å². The molecule has 0 atom stereocenters. The summed E-state index contributed by atoms with van der Waals surface area (Å²) >= 11 is 0. The number of rotatable bonds is 5. The van der Waals surface area contributed by atoms with Crippen molar-refractivity contribution in [1.29, 1.82) is 5.26 Å². The molecule has 7 nitrogen and oxygen atoms in total. The average molecular weight is 269 g/mol. The summed E-state index contributed by atoms with van der Waals surface area (Å²) in [6.07, 6.45) is 1.11. The number of sulfone groups is 1. The van der Waals surface area contributed by atoms with E-state index in [2.05, 4.69) is 5.32 Å². The van der Waals surface area contributed by atoms with Crippen LogP contribution in [0, 0.1) is 21.4 Å². The number of nitro benzene ring substituents is 1. The van der Waals surface area contributed by atoms with Crippen LogP contribution in [0.5, 0.6) is 0 Å². The lowest BCUT2D eigenvalue weighted by Crippen LogP contribution is -2.14. The Bertz CT molecular complexity index is 604. The summed E-state index contributed by atoms with van der Waals surface area (Å²) in [5.41, 5.74) is 0.0693. The number of nitrogens with one attached hydrogen (secondary N) is 1. The van der Waals surface area contributed by atoms with Gasteiger partial charge < -0.3 is 5.32 Å². The minimum atomic E-state index is -3.08. The number of nitrogens with zero attached hydrogens (tertiary/aromatic N) is 2. The first-order valence-corrected chi connectivity index (χ1v) is 6.99. The highest BCUT2D eigenvalue weighted by atomic mass is 32.2. The molecule has 1 N–H and O–H groups in total. The summed E-state index contributed by atoms with van der Waals surface area (Å²) in [4.78, 5) is 10.0. The molecule has 0 aliphatic rings. The fourth-order valence-corrected chi connectivity index (χ4v) is 1.74. The van der Waals surface area contributed by atoms with Crippen LogP contribution in [-0.4, -0.2) is 31.9 Å². The van der Waals surface area contributed by atoms with E-state index in [0.29, 0.717) is 5.69 Å². The van der Waals surface area contributed by atoms with Gasteiger partial charge in [0.2, 0.25) is 0 Å². The number of anilines is 1. The van der Waals surface area contributed by atoms with Gasteiger partial charge in [-0.1, -0.05) is 0 Å². The lowest BCUT2D eigenvalue weighted by molar-refractivity contribution is -0.385. The van der Waals surface area contributed by atoms with E-state index in [1.165, 1.54) is 18.2 Å². The largest absolute Gasteiger partial charge is 0.384 e. The zero-order valence-corrected chi connectivity index (χ0v) is 10.4. The van der Waals surface area contributed by atoms with Crippen LogP contribution in [0.15, 0.2) is 18.2 Å². The second-order valence-corrected chi connectivity index (χ2v) is 5.92. The molecule has 0 saturated heterocycles. The fourth-order valence-electron chi connectivity index (χ4n) is 1.27. The highest BCUT2D eigenvalue weighted by molar-refractivity contribution is 7.90. The van der Waals surface area contributed by atoms with Gasteiger partial charge in [0.05, 0.1) is 10.7 Å². The Morgan fingerprint density at radius 2 is 2.17 bits per heavy atom. The van der Waals surface area contributed by atoms with Gasteiger partial charge in [-0.25, -0.2) is 8.42 Å². The fraction of sp³-hybridized carbons (Fsp3) is 0.300. The average Bonchev–Trinajstić information content (AvgIpc) is 2.27. The molecule has 0 aliphatic carbocycles. The van der Waals surface area contributed by atoms with Gasteiger partial charge in [-0.3, -0.25) is 10.1 Å². The first-order valence-electron chi connectivity index (χ1n) is 4.93. The Kier molecular flexibility index (Phi) is 4.23. The molecule has 0 spiro atoms. The molecule has 8 heteroatoms. The minimum Gasteiger partial charge on any atom is -0.384 e. The van der Waals surface area contributed by atoms with Crippen molar-refractivity contribution in [1.82, 2.24) is 0 Å². The third-order valence-corrected chi connectivity index (χ3v) is 3.06. The predicted molar refractivity (Wildman–Crippen MR) is 66.0 cm³/mol. The van der Waals surface area contributed by atoms with Gasteiger partial charge in [0.25, 0.3) is 5.69 Å². The summed E-state index contributed by atoms with van der Waals surface area (Å²) < 4.78 is 21.8. The maximum Gasteiger partial charge on any atom is 0.289 e. The van der Waals surface area contributed by atoms with E-state index in [9.17, 15) is 18.5 Å². The first-order chi connectivity index (χ1) is 8.33. The van der Waals surface area contributed by atoms with Gasteiger partial charge in [0.1, 0.15) is 21.5 Å². The molecular weight excluding hydrogens is 258 g/mol. The number of hydrogen-bond donors (Lipinski definition) is 1. The Morgan fingerprint density at radius 1 is 1.50 bits per heavy atom. The molecule has 18 heavy (non-hydrogen) atoms. The second kappa shape index (κ2) is 5.46. The zero-order chi connectivity index (χ0) is 13.8. The van der Waals surface area contributed by atoms with E-state index >= 15 is 0 Å². The van der Waals surface area contributed by atoms with Crippen LogP contribution < -0.4 is 5.32 Å². The van der Waals surface area contributed by atoms with Crippen LogP contribution in [0.3, 0.4) is 0 Å².